The summed E-state index contributed by atoms with van der Waals surface area (Å²) in [5.74, 6) is 3.37. The van der Waals surface area contributed by atoms with E-state index in [1.54, 1.807) is 0 Å². The number of carbonyl (C=O) groups excluding carboxylic acids is 1. The van der Waals surface area contributed by atoms with Crippen molar-refractivity contribution >= 4 is 27.8 Å². The largest absolute Gasteiger partial charge is 0.493 e. The first-order valence-electron chi connectivity index (χ1n) is 12.3. The Morgan fingerprint density at radius 3 is 2.62 bits per heavy atom. The number of benzene rings is 2. The maximum atomic E-state index is 11.8. The Labute approximate surface area is 198 Å². The Bertz CT molecular complexity index is 1330. The first kappa shape index (κ1) is 21.1. The molecule has 0 radical (unpaired) electrons. The summed E-state index contributed by atoms with van der Waals surface area (Å²) in [7, 11) is 0. The Morgan fingerprint density at radius 1 is 1.00 bits per heavy atom. The van der Waals surface area contributed by atoms with Gasteiger partial charge < -0.3 is 24.2 Å². The number of aromatic nitrogens is 2. The van der Waals surface area contributed by atoms with Crippen molar-refractivity contribution in [2.45, 2.75) is 38.5 Å². The maximum absolute atomic E-state index is 11.8. The topological polar surface area (TPSA) is 76.3 Å². The summed E-state index contributed by atoms with van der Waals surface area (Å²) in [6, 6.07) is 14.6. The predicted molar refractivity (Wildman–Crippen MR) is 131 cm³/mol. The van der Waals surface area contributed by atoms with Crippen molar-refractivity contribution in [1.82, 2.24) is 9.97 Å². The molecule has 2 aliphatic rings. The van der Waals surface area contributed by atoms with Gasteiger partial charge in [-0.05, 0) is 73.4 Å². The van der Waals surface area contributed by atoms with Gasteiger partial charge in [-0.15, -0.1) is 0 Å². The molecule has 2 aliphatic carbocycles. The molecule has 0 spiro atoms. The lowest BCUT2D eigenvalue weighted by atomic mass is 10.1. The van der Waals surface area contributed by atoms with Crippen molar-refractivity contribution < 1.29 is 19.0 Å². The Morgan fingerprint density at radius 2 is 1.79 bits per heavy atom. The monoisotopic (exact) mass is 458 g/mol. The molecule has 0 bridgehead atoms. The predicted octanol–water partition coefficient (Wildman–Crippen LogP) is 5.73. The van der Waals surface area contributed by atoms with Crippen LogP contribution in [0, 0.1) is 11.8 Å². The number of rotatable bonds is 10. The first-order valence-corrected chi connectivity index (χ1v) is 12.3. The molecule has 176 valence electrons. The fourth-order valence-electron chi connectivity index (χ4n) is 4.70. The van der Waals surface area contributed by atoms with E-state index in [1.165, 1.54) is 23.9 Å². The van der Waals surface area contributed by atoms with Gasteiger partial charge in [0.05, 0.1) is 26.2 Å². The Kier molecular flexibility index (Phi) is 5.44. The molecule has 6 heteroatoms. The van der Waals surface area contributed by atoms with Crippen LogP contribution < -0.4 is 9.47 Å². The third-order valence-electron chi connectivity index (χ3n) is 6.96. The summed E-state index contributed by atoms with van der Waals surface area (Å²) >= 11 is 0. The van der Waals surface area contributed by atoms with E-state index in [2.05, 4.69) is 34.2 Å². The number of nitrogens with one attached hydrogen (secondary N) is 2. The van der Waals surface area contributed by atoms with Crippen LogP contribution in [0.25, 0.3) is 21.8 Å². The molecule has 2 heterocycles. The lowest BCUT2D eigenvalue weighted by molar-refractivity contribution is -0.142. The van der Waals surface area contributed by atoms with E-state index in [4.69, 9.17) is 14.2 Å². The molecule has 2 N–H and O–H groups in total. The van der Waals surface area contributed by atoms with Crippen LogP contribution in [0.5, 0.6) is 11.5 Å². The molecule has 2 fully saturated rings. The van der Waals surface area contributed by atoms with Gasteiger partial charge in [0.1, 0.15) is 11.5 Å². The van der Waals surface area contributed by atoms with Gasteiger partial charge in [0.2, 0.25) is 0 Å². The molecular formula is C28H30N2O4. The minimum Gasteiger partial charge on any atom is -0.493 e. The standard InChI is InChI=1S/C28H30N2O4/c1-2-32-28(31)11-19-14-29-26-13-22(7-8-23(19)26)34-16-20-9-24(20)27-10-18-5-6-21(12-25(18)30-27)33-15-17-3-4-17/h5-8,10,12-14,17,20,24,29-30H,2-4,9,11,15-16H2,1H3. The third-order valence-corrected chi connectivity index (χ3v) is 6.96. The lowest BCUT2D eigenvalue weighted by Gasteiger charge is -2.06. The molecule has 2 atom stereocenters. The van der Waals surface area contributed by atoms with Gasteiger partial charge in [0.15, 0.2) is 0 Å². The van der Waals surface area contributed by atoms with Crippen LogP contribution in [0.2, 0.25) is 0 Å². The fourth-order valence-corrected chi connectivity index (χ4v) is 4.70. The highest BCUT2D eigenvalue weighted by Gasteiger charge is 2.40. The van der Waals surface area contributed by atoms with Crippen molar-refractivity contribution in [3.05, 3.63) is 59.9 Å². The highest BCUT2D eigenvalue weighted by Crippen LogP contribution is 2.48. The van der Waals surface area contributed by atoms with Gasteiger partial charge in [0.25, 0.3) is 0 Å². The van der Waals surface area contributed by atoms with Crippen LogP contribution in [-0.4, -0.2) is 35.8 Å². The van der Waals surface area contributed by atoms with Crippen LogP contribution in [-0.2, 0) is 16.0 Å². The molecule has 0 aliphatic heterocycles. The number of aromatic amines is 2. The SMILES string of the molecule is CCOC(=O)Cc1c[nH]c2cc(OCC3CC3c3cc4ccc(OCC5CC5)cc4[nH]3)ccc12. The van der Waals surface area contributed by atoms with Gasteiger partial charge in [-0.1, -0.05) is 0 Å². The zero-order chi connectivity index (χ0) is 23.1. The van der Waals surface area contributed by atoms with Gasteiger partial charge in [-0.3, -0.25) is 4.79 Å². The summed E-state index contributed by atoms with van der Waals surface area (Å²) in [6.07, 6.45) is 5.88. The quantitative estimate of drug-likeness (QED) is 0.298. The van der Waals surface area contributed by atoms with Gasteiger partial charge in [-0.25, -0.2) is 0 Å². The molecule has 6 nitrogen and oxygen atoms in total. The first-order chi connectivity index (χ1) is 16.7. The van der Waals surface area contributed by atoms with Crippen molar-refractivity contribution in [2.24, 2.45) is 11.8 Å². The van der Waals surface area contributed by atoms with E-state index in [9.17, 15) is 4.79 Å². The summed E-state index contributed by atoms with van der Waals surface area (Å²) < 4.78 is 17.1. The van der Waals surface area contributed by atoms with Crippen LogP contribution >= 0.6 is 0 Å². The fraction of sp³-hybridized carbons (Fsp3) is 0.393. The highest BCUT2D eigenvalue weighted by atomic mass is 16.5. The summed E-state index contributed by atoms with van der Waals surface area (Å²) in [6.45, 7) is 3.75. The minimum atomic E-state index is -0.206. The molecule has 4 aromatic rings. The zero-order valence-corrected chi connectivity index (χ0v) is 19.4. The van der Waals surface area contributed by atoms with E-state index >= 15 is 0 Å². The van der Waals surface area contributed by atoms with Crippen molar-refractivity contribution in [1.29, 1.82) is 0 Å². The number of H-pyrrole nitrogens is 2. The van der Waals surface area contributed by atoms with Crippen LogP contribution in [0.4, 0.5) is 0 Å². The average Bonchev–Trinajstić information content (AvgIpc) is 3.75. The van der Waals surface area contributed by atoms with E-state index in [-0.39, 0.29) is 12.4 Å². The normalized spacial score (nSPS) is 19.4. The number of fused-ring (bicyclic) bond motifs is 2. The Hall–Kier alpha value is -3.41. The number of ether oxygens (including phenoxy) is 3. The van der Waals surface area contributed by atoms with E-state index in [0.29, 0.717) is 25.0 Å². The van der Waals surface area contributed by atoms with Crippen molar-refractivity contribution in [3.63, 3.8) is 0 Å². The van der Waals surface area contributed by atoms with Crippen molar-refractivity contribution in [2.75, 3.05) is 19.8 Å². The van der Waals surface area contributed by atoms with Crippen LogP contribution in [0.1, 0.15) is 43.4 Å². The summed E-state index contributed by atoms with van der Waals surface area (Å²) in [5, 5.41) is 2.26. The maximum Gasteiger partial charge on any atom is 0.310 e. The molecule has 0 saturated heterocycles. The Balaban J connectivity index is 1.06. The second kappa shape index (κ2) is 8.75. The molecule has 2 unspecified atom stereocenters. The second-order valence-corrected chi connectivity index (χ2v) is 9.64. The van der Waals surface area contributed by atoms with Gasteiger partial charge in [0, 0.05) is 52.3 Å². The molecule has 2 aromatic heterocycles. The number of carbonyl (C=O) groups is 1. The third kappa shape index (κ3) is 4.49. The molecule has 34 heavy (non-hydrogen) atoms. The minimum absolute atomic E-state index is 0.206. The van der Waals surface area contributed by atoms with E-state index in [0.717, 1.165) is 52.4 Å². The van der Waals surface area contributed by atoms with Crippen LogP contribution in [0.15, 0.2) is 48.7 Å². The van der Waals surface area contributed by atoms with E-state index in [1.807, 2.05) is 31.3 Å². The van der Waals surface area contributed by atoms with Crippen LogP contribution in [0.3, 0.4) is 0 Å². The average molecular weight is 459 g/mol. The van der Waals surface area contributed by atoms with Gasteiger partial charge >= 0.3 is 5.97 Å². The molecular weight excluding hydrogens is 428 g/mol. The highest BCUT2D eigenvalue weighted by molar-refractivity contribution is 5.88. The van der Waals surface area contributed by atoms with E-state index < -0.39 is 0 Å². The molecule has 0 amide bonds. The lowest BCUT2D eigenvalue weighted by Crippen LogP contribution is -2.06. The summed E-state index contributed by atoms with van der Waals surface area (Å²) in [5.41, 5.74) is 4.35. The van der Waals surface area contributed by atoms with Crippen molar-refractivity contribution in [3.8, 4) is 11.5 Å². The molecule has 2 aromatic carbocycles. The molecule has 2 saturated carbocycles. The zero-order valence-electron chi connectivity index (χ0n) is 19.4. The molecule has 6 rings (SSSR count). The number of hydrogen-bond donors (Lipinski definition) is 2. The number of hydrogen-bond acceptors (Lipinski definition) is 4. The summed E-state index contributed by atoms with van der Waals surface area (Å²) in [4.78, 5) is 18.7. The second-order valence-electron chi connectivity index (χ2n) is 9.64. The number of esters is 1. The van der Waals surface area contributed by atoms with Gasteiger partial charge in [-0.2, -0.15) is 0 Å². The smallest absolute Gasteiger partial charge is 0.310 e.